The predicted molar refractivity (Wildman–Crippen MR) is 104 cm³/mol. The van der Waals surface area contributed by atoms with Gasteiger partial charge in [0.05, 0.1) is 12.2 Å². The zero-order valence-electron chi connectivity index (χ0n) is 15.1. The molecule has 0 unspecified atom stereocenters. The van der Waals surface area contributed by atoms with Crippen LogP contribution in [0.5, 0.6) is 5.75 Å². The molecule has 2 aromatic rings. The monoisotopic (exact) mass is 374 g/mol. The molecule has 5 nitrogen and oxygen atoms in total. The van der Waals surface area contributed by atoms with E-state index in [0.717, 1.165) is 0 Å². The van der Waals surface area contributed by atoms with Crippen LogP contribution in [-0.2, 0) is 4.79 Å². The predicted octanol–water partition coefficient (Wildman–Crippen LogP) is 4.13. The smallest absolute Gasteiger partial charge is 0.255 e. The third-order valence-electron chi connectivity index (χ3n) is 3.76. The van der Waals surface area contributed by atoms with Gasteiger partial charge < -0.3 is 15.4 Å². The summed E-state index contributed by atoms with van der Waals surface area (Å²) in [4.78, 5) is 25.3. The van der Waals surface area contributed by atoms with E-state index >= 15 is 0 Å². The Kier molecular flexibility index (Phi) is 7.04. The summed E-state index contributed by atoms with van der Waals surface area (Å²) in [7, 11) is 0. The lowest BCUT2D eigenvalue weighted by Gasteiger charge is -2.22. The van der Waals surface area contributed by atoms with Gasteiger partial charge in [0.25, 0.3) is 5.91 Å². The lowest BCUT2D eigenvalue weighted by atomic mass is 10.0. The summed E-state index contributed by atoms with van der Waals surface area (Å²) in [5, 5.41) is 6.12. The molecule has 2 amide bonds. The van der Waals surface area contributed by atoms with Crippen molar-refractivity contribution < 1.29 is 14.3 Å². The first-order chi connectivity index (χ1) is 12.4. The van der Waals surface area contributed by atoms with Gasteiger partial charge in [-0.15, -0.1) is 0 Å². The van der Waals surface area contributed by atoms with Crippen LogP contribution >= 0.6 is 11.6 Å². The van der Waals surface area contributed by atoms with Crippen LogP contribution in [0.4, 0.5) is 5.69 Å². The minimum atomic E-state index is -0.698. The van der Waals surface area contributed by atoms with Crippen molar-refractivity contribution in [1.82, 2.24) is 5.32 Å². The van der Waals surface area contributed by atoms with Gasteiger partial charge in [0, 0.05) is 10.7 Å². The number of para-hydroxylation sites is 1. The molecule has 2 aromatic carbocycles. The van der Waals surface area contributed by atoms with E-state index in [0.29, 0.717) is 28.6 Å². The number of amides is 2. The largest absolute Gasteiger partial charge is 0.493 e. The van der Waals surface area contributed by atoms with Crippen LogP contribution in [0.15, 0.2) is 48.5 Å². The summed E-state index contributed by atoms with van der Waals surface area (Å²) in [6.45, 7) is 6.05. The van der Waals surface area contributed by atoms with Crippen LogP contribution in [0.3, 0.4) is 0 Å². The summed E-state index contributed by atoms with van der Waals surface area (Å²) in [6, 6.07) is 13.1. The average Bonchev–Trinajstić information content (AvgIpc) is 2.60. The normalized spacial score (nSPS) is 11.7. The number of anilines is 1. The van der Waals surface area contributed by atoms with E-state index < -0.39 is 6.04 Å². The second-order valence-corrected chi connectivity index (χ2v) is 6.56. The molecule has 0 bridgehead atoms. The van der Waals surface area contributed by atoms with Gasteiger partial charge in [-0.3, -0.25) is 9.59 Å². The molecule has 0 fully saturated rings. The summed E-state index contributed by atoms with van der Waals surface area (Å²) < 4.78 is 5.49. The minimum Gasteiger partial charge on any atom is -0.493 e. The fourth-order valence-corrected chi connectivity index (χ4v) is 2.67. The summed E-state index contributed by atoms with van der Waals surface area (Å²) in [6.07, 6.45) is 0. The maximum Gasteiger partial charge on any atom is 0.255 e. The quantitative estimate of drug-likeness (QED) is 0.765. The Morgan fingerprint density at radius 3 is 2.50 bits per heavy atom. The van der Waals surface area contributed by atoms with Crippen LogP contribution in [0.2, 0.25) is 5.02 Å². The first-order valence-corrected chi connectivity index (χ1v) is 8.89. The van der Waals surface area contributed by atoms with Crippen molar-refractivity contribution in [3.8, 4) is 5.75 Å². The highest BCUT2D eigenvalue weighted by Gasteiger charge is 2.26. The van der Waals surface area contributed by atoms with Gasteiger partial charge in [-0.2, -0.15) is 0 Å². The Labute approximate surface area is 158 Å². The molecule has 138 valence electrons. The number of hydrogen-bond donors (Lipinski definition) is 2. The minimum absolute atomic E-state index is 0.0996. The molecule has 0 aromatic heterocycles. The molecule has 0 aliphatic carbocycles. The van der Waals surface area contributed by atoms with Crippen molar-refractivity contribution in [2.75, 3.05) is 11.9 Å². The fraction of sp³-hybridized carbons (Fsp3) is 0.300. The Balaban J connectivity index is 2.15. The van der Waals surface area contributed by atoms with E-state index in [1.807, 2.05) is 20.8 Å². The van der Waals surface area contributed by atoms with Crippen molar-refractivity contribution in [2.45, 2.75) is 26.8 Å². The van der Waals surface area contributed by atoms with Gasteiger partial charge >= 0.3 is 0 Å². The SMILES string of the molecule is CCOc1ccccc1C(=O)N[C@@H](C(=O)Nc1cccc(Cl)c1)C(C)C. The topological polar surface area (TPSA) is 67.4 Å². The van der Waals surface area contributed by atoms with Crippen LogP contribution in [-0.4, -0.2) is 24.5 Å². The second-order valence-electron chi connectivity index (χ2n) is 6.12. The Bertz CT molecular complexity index is 777. The molecule has 0 saturated carbocycles. The van der Waals surface area contributed by atoms with Crippen LogP contribution in [0, 0.1) is 5.92 Å². The molecule has 0 aliphatic heterocycles. The Hall–Kier alpha value is -2.53. The second kappa shape index (κ2) is 9.25. The summed E-state index contributed by atoms with van der Waals surface area (Å²) >= 11 is 5.95. The number of ether oxygens (including phenoxy) is 1. The van der Waals surface area contributed by atoms with Gasteiger partial charge in [0.2, 0.25) is 5.91 Å². The number of hydrogen-bond acceptors (Lipinski definition) is 3. The number of halogens is 1. The van der Waals surface area contributed by atoms with Crippen molar-refractivity contribution in [3.05, 3.63) is 59.1 Å². The van der Waals surface area contributed by atoms with E-state index in [9.17, 15) is 9.59 Å². The lowest BCUT2D eigenvalue weighted by molar-refractivity contribution is -0.118. The molecule has 0 saturated heterocycles. The third-order valence-corrected chi connectivity index (χ3v) is 3.99. The molecular weight excluding hydrogens is 352 g/mol. The van der Waals surface area contributed by atoms with Crippen molar-refractivity contribution in [1.29, 1.82) is 0 Å². The van der Waals surface area contributed by atoms with Gasteiger partial charge in [0.1, 0.15) is 11.8 Å². The van der Waals surface area contributed by atoms with Crippen LogP contribution in [0.1, 0.15) is 31.1 Å². The van der Waals surface area contributed by atoms with Crippen molar-refractivity contribution in [3.63, 3.8) is 0 Å². The highest BCUT2D eigenvalue weighted by atomic mass is 35.5. The van der Waals surface area contributed by atoms with Crippen molar-refractivity contribution in [2.24, 2.45) is 5.92 Å². The summed E-state index contributed by atoms with van der Waals surface area (Å²) in [5.41, 5.74) is 0.979. The Morgan fingerprint density at radius 2 is 1.85 bits per heavy atom. The van der Waals surface area contributed by atoms with Gasteiger partial charge in [-0.1, -0.05) is 43.6 Å². The molecule has 0 heterocycles. The molecule has 0 radical (unpaired) electrons. The maximum atomic E-state index is 12.7. The molecule has 26 heavy (non-hydrogen) atoms. The summed E-state index contributed by atoms with van der Waals surface area (Å²) in [5.74, 6) is -0.263. The first kappa shape index (κ1) is 19.8. The highest BCUT2D eigenvalue weighted by molar-refractivity contribution is 6.30. The van der Waals surface area contributed by atoms with Gasteiger partial charge in [0.15, 0.2) is 0 Å². The zero-order chi connectivity index (χ0) is 19.1. The van der Waals surface area contributed by atoms with Crippen LogP contribution in [0.25, 0.3) is 0 Å². The number of nitrogens with one attached hydrogen (secondary N) is 2. The molecule has 0 aliphatic rings. The van der Waals surface area contributed by atoms with E-state index in [1.165, 1.54) is 0 Å². The first-order valence-electron chi connectivity index (χ1n) is 8.51. The number of carbonyl (C=O) groups excluding carboxylic acids is 2. The zero-order valence-corrected chi connectivity index (χ0v) is 15.8. The van der Waals surface area contributed by atoms with Crippen molar-refractivity contribution >= 4 is 29.1 Å². The maximum absolute atomic E-state index is 12.7. The third kappa shape index (κ3) is 5.23. The van der Waals surface area contributed by atoms with Gasteiger partial charge in [-0.05, 0) is 43.2 Å². The number of benzene rings is 2. The standard InChI is InChI=1S/C20H23ClN2O3/c1-4-26-17-11-6-5-10-16(17)19(24)23-18(13(2)3)20(25)22-15-9-7-8-14(21)12-15/h5-13,18H,4H2,1-3H3,(H,22,25)(H,23,24)/t18-/m1/s1. The van der Waals surface area contributed by atoms with E-state index in [1.54, 1.807) is 48.5 Å². The fourth-order valence-electron chi connectivity index (χ4n) is 2.48. The van der Waals surface area contributed by atoms with E-state index in [-0.39, 0.29) is 17.7 Å². The molecule has 0 spiro atoms. The molecule has 2 rings (SSSR count). The lowest BCUT2D eigenvalue weighted by Crippen LogP contribution is -2.47. The number of carbonyl (C=O) groups is 2. The molecular formula is C20H23ClN2O3. The van der Waals surface area contributed by atoms with Crippen LogP contribution < -0.4 is 15.4 Å². The average molecular weight is 375 g/mol. The highest BCUT2D eigenvalue weighted by Crippen LogP contribution is 2.19. The van der Waals surface area contributed by atoms with Gasteiger partial charge in [-0.25, -0.2) is 0 Å². The molecule has 1 atom stereocenters. The Morgan fingerprint density at radius 1 is 1.12 bits per heavy atom. The van der Waals surface area contributed by atoms with E-state index in [2.05, 4.69) is 10.6 Å². The molecule has 2 N–H and O–H groups in total. The molecule has 6 heteroatoms. The number of rotatable bonds is 7. The van der Waals surface area contributed by atoms with E-state index in [4.69, 9.17) is 16.3 Å².